The molecule has 27 rings (SSSR count). The van der Waals surface area contributed by atoms with E-state index < -0.39 is 0 Å². The lowest BCUT2D eigenvalue weighted by Crippen LogP contribution is -2.01. The smallest absolute Gasteiger partial charge is 0.165 e. The van der Waals surface area contributed by atoms with Crippen molar-refractivity contribution in [1.29, 1.82) is 0 Å². The SMILES string of the molecule is c1ccc(-c2nc(-c3ccc(-c4ccc5ccccc5c4)cc3)nc(-c3c4ccccc4cc4oc5ccccc5c34)n2)cc1.c1ccc(-c2nc(-c3ccc(-c4ccc5ccccc5c4)cc3)nc(-c3cc4c5ccccc5oc4c4ccccc34)n2)cc1.c1ccc(-c2nc(-c3ccc(-c4ccc5ccccc5c4)cc3)nc(-c3cc4ccccc4c4oc5ccccc5c34)n2)cc1. The number of furan rings is 3. The summed E-state index contributed by atoms with van der Waals surface area (Å²) in [4.78, 5) is 45.6. The van der Waals surface area contributed by atoms with Gasteiger partial charge in [0, 0.05) is 93.2 Å². The van der Waals surface area contributed by atoms with Gasteiger partial charge in [-0.2, -0.15) is 0 Å². The van der Waals surface area contributed by atoms with Crippen molar-refractivity contribution in [3.63, 3.8) is 0 Å². The molecule has 0 aliphatic rings. The van der Waals surface area contributed by atoms with Crippen LogP contribution < -0.4 is 0 Å². The van der Waals surface area contributed by atoms with E-state index in [0.717, 1.165) is 165 Å². The van der Waals surface area contributed by atoms with Gasteiger partial charge in [0.15, 0.2) is 52.4 Å². The van der Waals surface area contributed by atoms with Crippen LogP contribution in [-0.4, -0.2) is 44.9 Å². The minimum Gasteiger partial charge on any atom is -0.456 e. The van der Waals surface area contributed by atoms with Gasteiger partial charge in [0.1, 0.15) is 33.5 Å². The van der Waals surface area contributed by atoms with Crippen molar-refractivity contribution in [3.8, 4) is 136 Å². The van der Waals surface area contributed by atoms with Gasteiger partial charge in [-0.05, 0) is 142 Å². The zero-order valence-electron chi connectivity index (χ0n) is 72.6. The highest BCUT2D eigenvalue weighted by Gasteiger charge is 2.26. The Morgan fingerprint density at radius 3 is 0.881 bits per heavy atom. The summed E-state index contributed by atoms with van der Waals surface area (Å²) in [6.45, 7) is 0. The molecule has 6 aromatic heterocycles. The van der Waals surface area contributed by atoms with Crippen LogP contribution in [0.15, 0.2) is 468 Å². The molecule has 21 aromatic carbocycles. The summed E-state index contributed by atoms with van der Waals surface area (Å²) >= 11 is 0. The summed E-state index contributed by atoms with van der Waals surface area (Å²) in [6, 6.07) is 157. The second-order valence-electron chi connectivity index (χ2n) is 33.8. The van der Waals surface area contributed by atoms with Crippen molar-refractivity contribution in [3.05, 3.63) is 455 Å². The van der Waals surface area contributed by atoms with Crippen LogP contribution in [0.1, 0.15) is 0 Å². The van der Waals surface area contributed by atoms with E-state index in [-0.39, 0.29) is 0 Å². The van der Waals surface area contributed by atoms with Gasteiger partial charge < -0.3 is 13.3 Å². The minimum atomic E-state index is 0.611. The zero-order chi connectivity index (χ0) is 89.2. The van der Waals surface area contributed by atoms with Crippen LogP contribution in [0.5, 0.6) is 0 Å². The zero-order valence-corrected chi connectivity index (χ0v) is 72.6. The van der Waals surface area contributed by atoms with Crippen molar-refractivity contribution in [2.75, 3.05) is 0 Å². The summed E-state index contributed by atoms with van der Waals surface area (Å²) < 4.78 is 19.2. The second-order valence-corrected chi connectivity index (χ2v) is 33.8. The molecule has 27 aromatic rings. The fourth-order valence-electron chi connectivity index (χ4n) is 18.8. The standard InChI is InChI=1S/3C41H25N3O/c1-2-11-28(12-3-1)39-42-40(29-21-18-27(19-22-29)31-23-20-26-10-4-5-13-30(26)24-31)44-41(43-39)36-25-35-33-15-8-9-17-37(33)45-38(35)34-16-7-6-14-32(34)36;1-2-11-28(12-3-1)39-42-40(29-21-18-27(19-22-29)31-23-20-26-10-4-5-13-30(26)24-31)44-41(43-39)35-25-32-14-6-7-15-33(32)38-37(35)34-16-8-9-17-36(34)45-38;1-2-11-28(12-3-1)39-42-40(29-21-18-27(19-22-29)31-23-20-26-10-4-5-13-30(26)24-31)44-41(43-39)38-33-15-7-6-14-32(33)25-36-37(38)34-16-8-9-17-35(34)45-36/h3*1-25H. The molecular formula is C123H75N9O3. The van der Waals surface area contributed by atoms with Gasteiger partial charge in [-0.25, -0.2) is 44.9 Å². The Morgan fingerprint density at radius 2 is 0.430 bits per heavy atom. The summed E-state index contributed by atoms with van der Waals surface area (Å²) in [5.41, 5.74) is 20.4. The van der Waals surface area contributed by atoms with Crippen molar-refractivity contribution < 1.29 is 13.3 Å². The number of nitrogens with zero attached hydrogens (tertiary/aromatic N) is 9. The fraction of sp³-hybridized carbons (Fsp3) is 0. The molecule has 0 unspecified atom stereocenters. The number of hydrogen-bond acceptors (Lipinski definition) is 12. The molecule has 0 saturated carbocycles. The third-order valence-corrected chi connectivity index (χ3v) is 25.5. The molecule has 0 fully saturated rings. The van der Waals surface area contributed by atoms with Crippen molar-refractivity contribution >= 4 is 130 Å². The van der Waals surface area contributed by atoms with Crippen LogP contribution >= 0.6 is 0 Å². The molecule has 0 amide bonds. The minimum absolute atomic E-state index is 0.611. The normalized spacial score (nSPS) is 11.6. The van der Waals surface area contributed by atoms with E-state index in [1.165, 1.54) is 49.0 Å². The van der Waals surface area contributed by atoms with E-state index in [2.05, 4.69) is 279 Å². The van der Waals surface area contributed by atoms with Crippen LogP contribution in [0.3, 0.4) is 0 Å². The lowest BCUT2D eigenvalue weighted by atomic mass is 9.97. The van der Waals surface area contributed by atoms with E-state index in [1.54, 1.807) is 0 Å². The Labute approximate surface area is 774 Å². The van der Waals surface area contributed by atoms with Crippen LogP contribution in [0.2, 0.25) is 0 Å². The predicted molar refractivity (Wildman–Crippen MR) is 552 cm³/mol. The van der Waals surface area contributed by atoms with Gasteiger partial charge in [0.2, 0.25) is 0 Å². The number of rotatable bonds is 12. The number of aromatic nitrogens is 9. The lowest BCUT2D eigenvalue weighted by molar-refractivity contribution is 0.669. The van der Waals surface area contributed by atoms with Crippen molar-refractivity contribution in [2.24, 2.45) is 0 Å². The highest BCUT2D eigenvalue weighted by molar-refractivity contribution is 6.23. The average molecular weight is 1730 g/mol. The van der Waals surface area contributed by atoms with E-state index >= 15 is 0 Å². The summed E-state index contributed by atoms with van der Waals surface area (Å²) in [7, 11) is 0. The van der Waals surface area contributed by atoms with E-state index in [4.69, 9.17) is 58.1 Å². The number of fused-ring (bicyclic) bond motifs is 17. The maximum atomic E-state index is 6.47. The number of benzene rings is 21. The number of hydrogen-bond donors (Lipinski definition) is 0. The molecule has 0 N–H and O–H groups in total. The highest BCUT2D eigenvalue weighted by atomic mass is 16.3. The van der Waals surface area contributed by atoms with E-state index in [1.807, 2.05) is 176 Å². The predicted octanol–water partition coefficient (Wildman–Crippen LogP) is 32.2. The molecular weight excluding hydrogens is 1650 g/mol. The summed E-state index contributed by atoms with van der Waals surface area (Å²) in [5, 5.41) is 19.9. The fourth-order valence-corrected chi connectivity index (χ4v) is 18.8. The molecule has 0 radical (unpaired) electrons. The molecule has 6 heterocycles. The Kier molecular flexibility index (Phi) is 19.6. The second kappa shape index (κ2) is 33.6. The van der Waals surface area contributed by atoms with Crippen molar-refractivity contribution in [2.45, 2.75) is 0 Å². The maximum absolute atomic E-state index is 6.47. The van der Waals surface area contributed by atoms with Crippen LogP contribution in [0.4, 0.5) is 0 Å². The Bertz CT molecular complexity index is 9290. The van der Waals surface area contributed by atoms with Crippen molar-refractivity contribution in [1.82, 2.24) is 44.9 Å². The Morgan fingerprint density at radius 1 is 0.133 bits per heavy atom. The molecule has 0 bridgehead atoms. The first kappa shape index (κ1) is 78.8. The van der Waals surface area contributed by atoms with Crippen LogP contribution in [-0.2, 0) is 0 Å². The largest absolute Gasteiger partial charge is 0.456 e. The van der Waals surface area contributed by atoms with Gasteiger partial charge in [-0.3, -0.25) is 0 Å². The molecule has 135 heavy (non-hydrogen) atoms. The number of para-hydroxylation sites is 3. The van der Waals surface area contributed by atoms with Crippen LogP contribution in [0.25, 0.3) is 266 Å². The average Bonchev–Trinajstić information content (AvgIpc) is 1.59. The molecule has 12 nitrogen and oxygen atoms in total. The first-order chi connectivity index (χ1) is 66.8. The first-order valence-corrected chi connectivity index (χ1v) is 45.1. The monoisotopic (exact) mass is 1730 g/mol. The van der Waals surface area contributed by atoms with Gasteiger partial charge in [-0.1, -0.05) is 400 Å². The van der Waals surface area contributed by atoms with E-state index in [0.29, 0.717) is 52.4 Å². The quantitative estimate of drug-likeness (QED) is 0.114. The molecule has 0 spiro atoms. The maximum Gasteiger partial charge on any atom is 0.165 e. The van der Waals surface area contributed by atoms with Crippen LogP contribution in [0, 0.1) is 0 Å². The third kappa shape index (κ3) is 14.8. The van der Waals surface area contributed by atoms with Gasteiger partial charge in [0.05, 0.1) is 0 Å². The Balaban J connectivity index is 0.000000108. The molecule has 12 heteroatoms. The summed E-state index contributed by atoms with van der Waals surface area (Å²) in [6.07, 6.45) is 0. The highest BCUT2D eigenvalue weighted by Crippen LogP contribution is 2.46. The first-order valence-electron chi connectivity index (χ1n) is 45.1. The molecule has 0 aliphatic heterocycles. The Hall–Kier alpha value is -18.4. The molecule has 0 aliphatic carbocycles. The van der Waals surface area contributed by atoms with Gasteiger partial charge in [-0.15, -0.1) is 0 Å². The molecule has 630 valence electrons. The third-order valence-electron chi connectivity index (χ3n) is 25.5. The van der Waals surface area contributed by atoms with E-state index in [9.17, 15) is 0 Å². The van der Waals surface area contributed by atoms with Gasteiger partial charge in [0.25, 0.3) is 0 Å². The topological polar surface area (TPSA) is 155 Å². The molecule has 0 saturated heterocycles. The summed E-state index contributed by atoms with van der Waals surface area (Å²) in [5.74, 6) is 5.62. The lowest BCUT2D eigenvalue weighted by Gasteiger charge is -2.12. The van der Waals surface area contributed by atoms with Gasteiger partial charge >= 0.3 is 0 Å². The molecule has 0 atom stereocenters.